The van der Waals surface area contributed by atoms with Gasteiger partial charge in [0.25, 0.3) is 11.5 Å². The van der Waals surface area contributed by atoms with E-state index < -0.39 is 18.5 Å². The molecule has 0 unspecified atom stereocenters. The summed E-state index contributed by atoms with van der Waals surface area (Å²) in [5.41, 5.74) is 2.17. The van der Waals surface area contributed by atoms with Gasteiger partial charge in [0, 0.05) is 11.4 Å². The third-order valence-electron chi connectivity index (χ3n) is 4.31. The molecule has 0 saturated carbocycles. The highest BCUT2D eigenvalue weighted by molar-refractivity contribution is 6.04. The van der Waals surface area contributed by atoms with Crippen molar-refractivity contribution in [3.63, 3.8) is 0 Å². The molecule has 1 amide bonds. The summed E-state index contributed by atoms with van der Waals surface area (Å²) in [5, 5.41) is 11.3. The number of nitrogens with one attached hydrogen (secondary N) is 2. The van der Waals surface area contributed by atoms with Gasteiger partial charge in [-0.25, -0.2) is 4.79 Å². The summed E-state index contributed by atoms with van der Waals surface area (Å²) in [7, 11) is 0. The van der Waals surface area contributed by atoms with Gasteiger partial charge in [0.05, 0.1) is 0 Å². The number of H-pyrrole nitrogens is 1. The Morgan fingerprint density at radius 2 is 1.85 bits per heavy atom. The number of aryl methyl sites for hydroxylation is 2. The van der Waals surface area contributed by atoms with Crippen LogP contribution in [0.15, 0.2) is 35.1 Å². The van der Waals surface area contributed by atoms with Crippen LogP contribution in [-0.4, -0.2) is 28.6 Å². The molecule has 0 fully saturated rings. The van der Waals surface area contributed by atoms with Crippen LogP contribution >= 0.6 is 0 Å². The van der Waals surface area contributed by atoms with E-state index in [1.165, 1.54) is 0 Å². The number of carboxylic acid groups (broad SMARTS) is 1. The molecule has 0 saturated heterocycles. The van der Waals surface area contributed by atoms with Crippen molar-refractivity contribution >= 4 is 17.6 Å². The number of aliphatic carboxylic acids is 1. The lowest BCUT2D eigenvalue weighted by atomic mass is 10.1. The van der Waals surface area contributed by atoms with Crippen LogP contribution in [0.5, 0.6) is 5.75 Å². The van der Waals surface area contributed by atoms with E-state index in [1.807, 2.05) is 0 Å². The van der Waals surface area contributed by atoms with E-state index >= 15 is 0 Å². The Labute approximate surface area is 150 Å². The summed E-state index contributed by atoms with van der Waals surface area (Å²) in [4.78, 5) is 38.0. The normalized spacial score (nSPS) is 13.4. The Morgan fingerprint density at radius 3 is 2.58 bits per heavy atom. The van der Waals surface area contributed by atoms with E-state index in [4.69, 9.17) is 9.84 Å². The Balaban J connectivity index is 1.73. The number of hydrogen-bond donors (Lipinski definition) is 3. The second-order valence-corrected chi connectivity index (χ2v) is 6.24. The van der Waals surface area contributed by atoms with Crippen LogP contribution in [0, 0.1) is 0 Å². The van der Waals surface area contributed by atoms with Crippen molar-refractivity contribution < 1.29 is 19.4 Å². The molecule has 7 heteroatoms. The lowest BCUT2D eigenvalue weighted by Gasteiger charge is -2.10. The molecular formula is C19H20N2O5. The monoisotopic (exact) mass is 356 g/mol. The molecule has 0 bridgehead atoms. The van der Waals surface area contributed by atoms with Gasteiger partial charge < -0.3 is 20.1 Å². The minimum absolute atomic E-state index is 0.0943. The smallest absolute Gasteiger partial charge is 0.341 e. The van der Waals surface area contributed by atoms with E-state index in [9.17, 15) is 14.4 Å². The molecular weight excluding hydrogens is 336 g/mol. The van der Waals surface area contributed by atoms with Crippen LogP contribution < -0.4 is 15.6 Å². The Kier molecular flexibility index (Phi) is 5.36. The van der Waals surface area contributed by atoms with Crippen LogP contribution in [0.4, 0.5) is 5.69 Å². The molecule has 1 aromatic carbocycles. The van der Waals surface area contributed by atoms with Crippen molar-refractivity contribution in [1.29, 1.82) is 0 Å². The lowest BCUT2D eigenvalue weighted by Crippen LogP contribution is -2.25. The summed E-state index contributed by atoms with van der Waals surface area (Å²) in [5.74, 6) is -1.16. The average molecular weight is 356 g/mol. The van der Waals surface area contributed by atoms with Crippen molar-refractivity contribution in [2.75, 3.05) is 11.9 Å². The van der Waals surface area contributed by atoms with Crippen LogP contribution in [-0.2, 0) is 17.6 Å². The van der Waals surface area contributed by atoms with Gasteiger partial charge in [0.1, 0.15) is 11.3 Å². The third-order valence-corrected chi connectivity index (χ3v) is 4.31. The Bertz CT molecular complexity index is 870. The SMILES string of the molecule is O=C(O)COc1ccc(NC(=O)c2cc3c([nH]c2=O)CCCCC3)cc1. The Hall–Kier alpha value is -3.09. The molecule has 26 heavy (non-hydrogen) atoms. The quantitative estimate of drug-likeness (QED) is 0.713. The predicted octanol–water partition coefficient (Wildman–Crippen LogP) is 2.36. The highest BCUT2D eigenvalue weighted by atomic mass is 16.5. The molecule has 3 N–H and O–H groups in total. The van der Waals surface area contributed by atoms with Crippen molar-refractivity contribution in [1.82, 2.24) is 4.98 Å². The number of fused-ring (bicyclic) bond motifs is 1. The highest BCUT2D eigenvalue weighted by Gasteiger charge is 2.16. The van der Waals surface area contributed by atoms with Gasteiger partial charge in [-0.3, -0.25) is 9.59 Å². The molecule has 2 aromatic rings. The first-order valence-corrected chi connectivity index (χ1v) is 8.54. The number of carbonyl (C=O) groups is 2. The van der Waals surface area contributed by atoms with E-state index in [0.717, 1.165) is 43.4 Å². The van der Waals surface area contributed by atoms with Crippen molar-refractivity contribution in [2.24, 2.45) is 0 Å². The summed E-state index contributed by atoms with van der Waals surface area (Å²) in [6, 6.07) is 7.98. The topological polar surface area (TPSA) is 108 Å². The maximum atomic E-state index is 12.5. The molecule has 1 aromatic heterocycles. The van der Waals surface area contributed by atoms with Gasteiger partial charge in [-0.1, -0.05) is 6.42 Å². The van der Waals surface area contributed by atoms with Gasteiger partial charge in [-0.05, 0) is 61.6 Å². The largest absolute Gasteiger partial charge is 0.482 e. The number of amides is 1. The van der Waals surface area contributed by atoms with Gasteiger partial charge in [-0.2, -0.15) is 0 Å². The second kappa shape index (κ2) is 7.86. The van der Waals surface area contributed by atoms with Crippen LogP contribution in [0.2, 0.25) is 0 Å². The molecule has 136 valence electrons. The minimum Gasteiger partial charge on any atom is -0.482 e. The number of carbonyl (C=O) groups excluding carboxylic acids is 1. The third kappa shape index (κ3) is 4.30. The maximum Gasteiger partial charge on any atom is 0.341 e. The molecule has 0 aliphatic heterocycles. The minimum atomic E-state index is -1.06. The summed E-state index contributed by atoms with van der Waals surface area (Å²) in [6.45, 7) is -0.434. The van der Waals surface area contributed by atoms with Crippen LogP contribution in [0.3, 0.4) is 0 Å². The molecule has 1 aliphatic rings. The van der Waals surface area contributed by atoms with E-state index in [2.05, 4.69) is 10.3 Å². The number of anilines is 1. The lowest BCUT2D eigenvalue weighted by molar-refractivity contribution is -0.139. The first kappa shape index (κ1) is 17.7. The summed E-state index contributed by atoms with van der Waals surface area (Å²) in [6.07, 6.45) is 4.92. The van der Waals surface area contributed by atoms with E-state index in [0.29, 0.717) is 11.4 Å². The fraction of sp³-hybridized carbons (Fsp3) is 0.316. The number of aromatic nitrogens is 1. The number of aromatic amines is 1. The van der Waals surface area contributed by atoms with E-state index in [-0.39, 0.29) is 11.1 Å². The predicted molar refractivity (Wildman–Crippen MR) is 95.8 cm³/mol. The number of hydrogen-bond acceptors (Lipinski definition) is 4. The molecule has 0 spiro atoms. The van der Waals surface area contributed by atoms with E-state index in [1.54, 1.807) is 30.3 Å². The van der Waals surface area contributed by atoms with Crippen molar-refractivity contribution in [2.45, 2.75) is 32.1 Å². The summed E-state index contributed by atoms with van der Waals surface area (Å²) < 4.78 is 5.04. The molecule has 0 atom stereocenters. The van der Waals surface area contributed by atoms with Gasteiger partial charge in [-0.15, -0.1) is 0 Å². The van der Waals surface area contributed by atoms with Crippen molar-refractivity contribution in [3.8, 4) is 5.75 Å². The fourth-order valence-electron chi connectivity index (χ4n) is 3.00. The zero-order chi connectivity index (χ0) is 18.5. The zero-order valence-electron chi connectivity index (χ0n) is 14.2. The molecule has 3 rings (SSSR count). The zero-order valence-corrected chi connectivity index (χ0v) is 14.2. The second-order valence-electron chi connectivity index (χ2n) is 6.24. The van der Waals surface area contributed by atoms with Gasteiger partial charge >= 0.3 is 5.97 Å². The number of ether oxygens (including phenoxy) is 1. The van der Waals surface area contributed by atoms with Crippen LogP contribution in [0.1, 0.15) is 40.9 Å². The van der Waals surface area contributed by atoms with Crippen molar-refractivity contribution in [3.05, 3.63) is 57.5 Å². The summed E-state index contributed by atoms with van der Waals surface area (Å²) >= 11 is 0. The average Bonchev–Trinajstić information content (AvgIpc) is 2.85. The highest BCUT2D eigenvalue weighted by Crippen LogP contribution is 2.19. The van der Waals surface area contributed by atoms with Gasteiger partial charge in [0.2, 0.25) is 0 Å². The number of benzene rings is 1. The standard InChI is InChI=1S/C19H20N2O5/c22-17(23)11-26-14-8-6-13(7-9-14)20-18(24)15-10-12-4-2-1-3-5-16(12)21-19(15)25/h6-10H,1-5,11H2,(H,20,24)(H,21,25)(H,22,23). The maximum absolute atomic E-state index is 12.5. The molecule has 1 aliphatic carbocycles. The Morgan fingerprint density at radius 1 is 1.12 bits per heavy atom. The molecule has 7 nitrogen and oxygen atoms in total. The number of carboxylic acids is 1. The van der Waals surface area contributed by atoms with Crippen LogP contribution in [0.25, 0.3) is 0 Å². The first-order chi connectivity index (χ1) is 12.5. The molecule has 1 heterocycles. The number of rotatable bonds is 5. The molecule has 0 radical (unpaired) electrons. The fourth-order valence-corrected chi connectivity index (χ4v) is 3.00. The first-order valence-electron chi connectivity index (χ1n) is 8.54. The van der Waals surface area contributed by atoms with Gasteiger partial charge in [0.15, 0.2) is 6.61 Å². The number of pyridine rings is 1.